The molecule has 5 nitrogen and oxygen atoms in total. The first-order valence-electron chi connectivity index (χ1n) is 7.94. The fraction of sp³-hybridized carbons (Fsp3) is 0.529. The lowest BCUT2D eigenvalue weighted by atomic mass is 10.0. The van der Waals surface area contributed by atoms with Crippen molar-refractivity contribution in [2.75, 3.05) is 19.5 Å². The highest BCUT2D eigenvalue weighted by molar-refractivity contribution is 7.89. The van der Waals surface area contributed by atoms with Crippen LogP contribution in [0.2, 0.25) is 0 Å². The van der Waals surface area contributed by atoms with Gasteiger partial charge in [0.15, 0.2) is 0 Å². The first-order valence-corrected chi connectivity index (χ1v) is 9.55. The van der Waals surface area contributed by atoms with Gasteiger partial charge in [-0.2, -0.15) is 4.31 Å². The Balaban J connectivity index is 1.73. The molecule has 0 unspecified atom stereocenters. The zero-order valence-electron chi connectivity index (χ0n) is 13.3. The van der Waals surface area contributed by atoms with Crippen molar-refractivity contribution >= 4 is 10.0 Å². The van der Waals surface area contributed by atoms with Crippen molar-refractivity contribution in [1.29, 1.82) is 0 Å². The van der Waals surface area contributed by atoms with Gasteiger partial charge in [0.2, 0.25) is 10.0 Å². The second-order valence-electron chi connectivity index (χ2n) is 6.18. The second kappa shape index (κ2) is 6.53. The summed E-state index contributed by atoms with van der Waals surface area (Å²) in [7, 11) is -1.69. The van der Waals surface area contributed by atoms with Crippen molar-refractivity contribution in [3.63, 3.8) is 0 Å². The van der Waals surface area contributed by atoms with Gasteiger partial charge in [-0.25, -0.2) is 8.42 Å². The van der Waals surface area contributed by atoms with E-state index in [1.165, 1.54) is 6.08 Å². The Labute approximate surface area is 137 Å². The van der Waals surface area contributed by atoms with Crippen LogP contribution in [0.25, 0.3) is 0 Å². The van der Waals surface area contributed by atoms with Crippen LogP contribution in [-0.2, 0) is 10.0 Å². The molecule has 0 aromatic heterocycles. The molecular formula is C17H23NO4S. The smallest absolute Gasteiger partial charge is 0.218 e. The van der Waals surface area contributed by atoms with Gasteiger partial charge in [0.05, 0.1) is 18.9 Å². The van der Waals surface area contributed by atoms with E-state index in [1.807, 2.05) is 24.3 Å². The topological polar surface area (TPSA) is 55.8 Å². The molecule has 6 heteroatoms. The van der Waals surface area contributed by atoms with Gasteiger partial charge in [0, 0.05) is 12.1 Å². The maximum atomic E-state index is 12.5. The third-order valence-corrected chi connectivity index (χ3v) is 6.66. The summed E-state index contributed by atoms with van der Waals surface area (Å²) < 4.78 is 37.8. The molecule has 1 saturated heterocycles. The molecule has 23 heavy (non-hydrogen) atoms. The number of hydrogen-bond donors (Lipinski definition) is 0. The van der Waals surface area contributed by atoms with Gasteiger partial charge in [-0.15, -0.1) is 6.58 Å². The number of ether oxygens (including phenoxy) is 2. The number of piperidine rings is 1. The Kier molecular flexibility index (Phi) is 4.64. The molecule has 1 aliphatic heterocycles. The van der Waals surface area contributed by atoms with E-state index in [1.54, 1.807) is 11.4 Å². The van der Waals surface area contributed by atoms with E-state index >= 15 is 0 Å². The highest BCUT2D eigenvalue weighted by Gasteiger charge is 2.50. The number of nitrogens with zero attached hydrogens (tertiary/aromatic N) is 1. The third kappa shape index (κ3) is 3.23. The molecular weight excluding hydrogens is 314 g/mol. The Bertz CT molecular complexity index is 673. The quantitative estimate of drug-likeness (QED) is 0.717. The molecule has 0 N–H and O–H groups in total. The molecule has 126 valence electrons. The highest BCUT2D eigenvalue weighted by atomic mass is 32.2. The van der Waals surface area contributed by atoms with Crippen molar-refractivity contribution in [2.45, 2.75) is 31.3 Å². The number of methoxy groups -OCH3 is 1. The van der Waals surface area contributed by atoms with E-state index in [-0.39, 0.29) is 17.8 Å². The second-order valence-corrected chi connectivity index (χ2v) is 8.10. The minimum Gasteiger partial charge on any atom is -0.497 e. The van der Waals surface area contributed by atoms with Gasteiger partial charge in [0.1, 0.15) is 18.1 Å². The maximum Gasteiger partial charge on any atom is 0.218 e. The average Bonchev–Trinajstić information content (AvgIpc) is 3.14. The Morgan fingerprint density at radius 1 is 1.35 bits per heavy atom. The van der Waals surface area contributed by atoms with Gasteiger partial charge < -0.3 is 9.47 Å². The van der Waals surface area contributed by atoms with Crippen LogP contribution in [0.5, 0.6) is 11.5 Å². The van der Waals surface area contributed by atoms with E-state index < -0.39 is 10.0 Å². The molecule has 2 bridgehead atoms. The lowest BCUT2D eigenvalue weighted by Gasteiger charge is -2.33. The van der Waals surface area contributed by atoms with Crippen molar-refractivity contribution in [3.05, 3.63) is 36.9 Å². The molecule has 0 radical (unpaired) electrons. The average molecular weight is 337 g/mol. The van der Waals surface area contributed by atoms with Crippen LogP contribution in [-0.4, -0.2) is 44.3 Å². The maximum absolute atomic E-state index is 12.5. The molecule has 1 aromatic rings. The van der Waals surface area contributed by atoms with E-state index in [0.717, 1.165) is 25.0 Å². The SMILES string of the molecule is C=CCS(=O)(=O)N1[C@@H]2CC[C@@H](C2)[C@H]1COc1cccc(OC)c1. The molecule has 2 fully saturated rings. The Morgan fingerprint density at radius 2 is 2.13 bits per heavy atom. The molecule has 3 atom stereocenters. The first-order chi connectivity index (χ1) is 11.0. The van der Waals surface area contributed by atoms with E-state index in [4.69, 9.17) is 9.47 Å². The Morgan fingerprint density at radius 3 is 2.87 bits per heavy atom. The zero-order valence-corrected chi connectivity index (χ0v) is 14.2. The minimum absolute atomic E-state index is 0.00806. The van der Waals surface area contributed by atoms with Crippen LogP contribution in [0.15, 0.2) is 36.9 Å². The predicted molar refractivity (Wildman–Crippen MR) is 89.2 cm³/mol. The van der Waals surface area contributed by atoms with Crippen LogP contribution in [0.1, 0.15) is 19.3 Å². The first kappa shape index (κ1) is 16.3. The van der Waals surface area contributed by atoms with Gasteiger partial charge >= 0.3 is 0 Å². The van der Waals surface area contributed by atoms with Crippen molar-refractivity contribution < 1.29 is 17.9 Å². The summed E-state index contributed by atoms with van der Waals surface area (Å²) in [5.41, 5.74) is 0. The molecule has 2 aliphatic rings. The number of sulfonamides is 1. The summed E-state index contributed by atoms with van der Waals surface area (Å²) >= 11 is 0. The molecule has 1 aromatic carbocycles. The summed E-state index contributed by atoms with van der Waals surface area (Å²) in [6, 6.07) is 7.44. The molecule has 1 heterocycles. The highest BCUT2D eigenvalue weighted by Crippen LogP contribution is 2.44. The molecule has 3 rings (SSSR count). The van der Waals surface area contributed by atoms with Crippen LogP contribution < -0.4 is 9.47 Å². The minimum atomic E-state index is -3.30. The van der Waals surface area contributed by atoms with Crippen molar-refractivity contribution in [3.8, 4) is 11.5 Å². The van der Waals surface area contributed by atoms with Crippen LogP contribution in [0.4, 0.5) is 0 Å². The van der Waals surface area contributed by atoms with Gasteiger partial charge in [-0.05, 0) is 37.3 Å². The summed E-state index contributed by atoms with van der Waals surface area (Å²) in [5, 5.41) is 0. The van der Waals surface area contributed by atoms with Gasteiger partial charge in [-0.3, -0.25) is 0 Å². The molecule has 1 aliphatic carbocycles. The van der Waals surface area contributed by atoms with Crippen molar-refractivity contribution in [1.82, 2.24) is 4.31 Å². The number of rotatable bonds is 7. The van der Waals surface area contributed by atoms with E-state index in [2.05, 4.69) is 6.58 Å². The van der Waals surface area contributed by atoms with Crippen LogP contribution in [0, 0.1) is 5.92 Å². The Hall–Kier alpha value is -1.53. The summed E-state index contributed by atoms with van der Waals surface area (Å²) in [6.45, 7) is 3.95. The number of benzene rings is 1. The number of hydrogen-bond acceptors (Lipinski definition) is 4. The fourth-order valence-electron chi connectivity index (χ4n) is 3.80. The van der Waals surface area contributed by atoms with Crippen molar-refractivity contribution in [2.24, 2.45) is 5.92 Å². The van der Waals surface area contributed by atoms with E-state index in [0.29, 0.717) is 18.3 Å². The number of fused-ring (bicyclic) bond motifs is 2. The lowest BCUT2D eigenvalue weighted by Crippen LogP contribution is -2.48. The monoisotopic (exact) mass is 337 g/mol. The predicted octanol–water partition coefficient (Wildman–Crippen LogP) is 2.44. The molecule has 0 amide bonds. The van der Waals surface area contributed by atoms with E-state index in [9.17, 15) is 8.42 Å². The third-order valence-electron chi connectivity index (χ3n) is 4.79. The summed E-state index contributed by atoms with van der Waals surface area (Å²) in [4.78, 5) is 0. The van der Waals surface area contributed by atoms with Crippen LogP contribution >= 0.6 is 0 Å². The lowest BCUT2D eigenvalue weighted by molar-refractivity contribution is 0.162. The molecule has 0 spiro atoms. The van der Waals surface area contributed by atoms with Gasteiger partial charge in [0.25, 0.3) is 0 Å². The fourth-order valence-corrected chi connectivity index (χ4v) is 5.56. The summed E-state index contributed by atoms with van der Waals surface area (Å²) in [6.07, 6.45) is 4.44. The normalized spacial score (nSPS) is 27.1. The standard InChI is InChI=1S/C17H23NO4S/c1-3-9-23(19,20)18-14-8-7-13(10-14)17(18)12-22-16-6-4-5-15(11-16)21-2/h3-6,11,13-14,17H,1,7-10,12H2,2H3/t13-,14+,17+/m0/s1. The zero-order chi connectivity index (χ0) is 16.4. The van der Waals surface area contributed by atoms with Gasteiger partial charge in [-0.1, -0.05) is 12.1 Å². The molecule has 1 saturated carbocycles. The largest absolute Gasteiger partial charge is 0.497 e. The van der Waals surface area contributed by atoms with Crippen LogP contribution in [0.3, 0.4) is 0 Å². The summed E-state index contributed by atoms with van der Waals surface area (Å²) in [5.74, 6) is 1.82.